The van der Waals surface area contributed by atoms with Gasteiger partial charge in [0.25, 0.3) is 0 Å². The first kappa shape index (κ1) is 25.3. The molecule has 0 aromatic heterocycles. The molecule has 180 valence electrons. The number of hydrogen-bond acceptors (Lipinski definition) is 5. The van der Waals surface area contributed by atoms with E-state index in [-0.39, 0.29) is 48.8 Å². The summed E-state index contributed by atoms with van der Waals surface area (Å²) in [5.74, 6) is -2.58. The van der Waals surface area contributed by atoms with Crippen molar-refractivity contribution in [3.8, 4) is 5.75 Å². The van der Waals surface area contributed by atoms with Gasteiger partial charge in [-0.05, 0) is 34.9 Å². The van der Waals surface area contributed by atoms with Gasteiger partial charge in [0.1, 0.15) is 28.9 Å². The summed E-state index contributed by atoms with van der Waals surface area (Å²) >= 11 is 0. The molecule has 0 bridgehead atoms. The first-order chi connectivity index (χ1) is 15.4. The summed E-state index contributed by atoms with van der Waals surface area (Å²) < 4.78 is 5.81. The fourth-order valence-electron chi connectivity index (χ4n) is 5.52. The second-order valence-electron chi connectivity index (χ2n) is 11.5. The summed E-state index contributed by atoms with van der Waals surface area (Å²) in [6.45, 7) is 10.4. The number of benzene rings is 1. The van der Waals surface area contributed by atoms with Crippen LogP contribution in [0.4, 0.5) is 0 Å². The summed E-state index contributed by atoms with van der Waals surface area (Å²) in [5.41, 5.74) is -0.101. The van der Waals surface area contributed by atoms with Crippen LogP contribution in [0.15, 0.2) is 24.3 Å². The lowest BCUT2D eigenvalue weighted by Gasteiger charge is -2.41. The minimum atomic E-state index is -0.951. The summed E-state index contributed by atoms with van der Waals surface area (Å²) in [5, 5.41) is 0. The third kappa shape index (κ3) is 5.99. The molecular weight excluding hydrogens is 416 g/mol. The predicted molar refractivity (Wildman–Crippen MR) is 127 cm³/mol. The molecule has 5 nitrogen and oxygen atoms in total. The Kier molecular flexibility index (Phi) is 7.60. The highest BCUT2D eigenvalue weighted by molar-refractivity contribution is 6.11. The zero-order valence-corrected chi connectivity index (χ0v) is 20.7. The Morgan fingerprint density at radius 3 is 1.58 bits per heavy atom. The molecule has 0 aliphatic heterocycles. The van der Waals surface area contributed by atoms with Crippen molar-refractivity contribution >= 4 is 23.1 Å². The Hall–Kier alpha value is -2.30. The molecule has 0 spiro atoms. The second-order valence-corrected chi connectivity index (χ2v) is 11.5. The van der Waals surface area contributed by atoms with Gasteiger partial charge in [0.2, 0.25) is 0 Å². The molecule has 0 unspecified atom stereocenters. The van der Waals surface area contributed by atoms with Gasteiger partial charge in [-0.3, -0.25) is 19.2 Å². The Morgan fingerprint density at radius 2 is 1.18 bits per heavy atom. The highest BCUT2D eigenvalue weighted by Crippen LogP contribution is 2.47. The van der Waals surface area contributed by atoms with Gasteiger partial charge in [0.05, 0.1) is 18.4 Å². The molecule has 0 amide bonds. The van der Waals surface area contributed by atoms with E-state index in [2.05, 4.69) is 6.92 Å². The van der Waals surface area contributed by atoms with Gasteiger partial charge in [-0.2, -0.15) is 0 Å². The number of ketones is 4. The smallest absolute Gasteiger partial charge is 0.144 e. The van der Waals surface area contributed by atoms with Gasteiger partial charge in [-0.15, -0.1) is 0 Å². The van der Waals surface area contributed by atoms with Crippen molar-refractivity contribution in [3.63, 3.8) is 0 Å². The van der Waals surface area contributed by atoms with E-state index < -0.39 is 28.6 Å². The molecule has 0 N–H and O–H groups in total. The van der Waals surface area contributed by atoms with Gasteiger partial charge in [0.15, 0.2) is 0 Å². The average Bonchev–Trinajstić information content (AvgIpc) is 2.68. The monoisotopic (exact) mass is 454 g/mol. The minimum absolute atomic E-state index is 0.161. The van der Waals surface area contributed by atoms with Crippen LogP contribution in [-0.4, -0.2) is 29.7 Å². The lowest BCUT2D eigenvalue weighted by molar-refractivity contribution is -0.145. The summed E-state index contributed by atoms with van der Waals surface area (Å²) in [6, 6.07) is 7.27. The highest BCUT2D eigenvalue weighted by Gasteiger charge is 2.52. The molecule has 2 aliphatic carbocycles. The van der Waals surface area contributed by atoms with E-state index in [1.54, 1.807) is 0 Å². The van der Waals surface area contributed by atoms with E-state index in [0.717, 1.165) is 19.3 Å². The van der Waals surface area contributed by atoms with Gasteiger partial charge >= 0.3 is 0 Å². The lowest BCUT2D eigenvalue weighted by Crippen LogP contribution is -2.48. The third-order valence-corrected chi connectivity index (χ3v) is 7.00. The molecule has 2 fully saturated rings. The topological polar surface area (TPSA) is 77.5 Å². The van der Waals surface area contributed by atoms with Crippen LogP contribution >= 0.6 is 0 Å². The zero-order chi connectivity index (χ0) is 24.4. The van der Waals surface area contributed by atoms with Gasteiger partial charge < -0.3 is 4.74 Å². The van der Waals surface area contributed by atoms with Crippen LogP contribution in [0.2, 0.25) is 0 Å². The maximum Gasteiger partial charge on any atom is 0.144 e. The molecule has 1 aromatic carbocycles. The predicted octanol–water partition coefficient (Wildman–Crippen LogP) is 5.49. The fraction of sp³-hybridized carbons (Fsp3) is 0.643. The SMILES string of the molecule is CCCCCOc1ccc(C(C2C(=O)CC(C)(C)CC2=O)C2C(=O)CC(C)(C)CC2=O)cc1. The lowest BCUT2D eigenvalue weighted by atomic mass is 9.59. The Morgan fingerprint density at radius 1 is 0.758 bits per heavy atom. The highest BCUT2D eigenvalue weighted by atomic mass is 16.5. The number of carbonyl (C=O) groups excluding carboxylic acids is 4. The van der Waals surface area contributed by atoms with Crippen LogP contribution in [0.1, 0.15) is 91.0 Å². The first-order valence-corrected chi connectivity index (χ1v) is 12.3. The van der Waals surface area contributed by atoms with E-state index in [1.807, 2.05) is 52.0 Å². The average molecular weight is 455 g/mol. The van der Waals surface area contributed by atoms with Gasteiger partial charge in [-0.1, -0.05) is 59.6 Å². The molecule has 3 rings (SSSR count). The van der Waals surface area contributed by atoms with E-state index in [4.69, 9.17) is 4.74 Å². The van der Waals surface area contributed by atoms with Crippen LogP contribution in [0.5, 0.6) is 5.75 Å². The second kappa shape index (κ2) is 9.90. The summed E-state index contributed by atoms with van der Waals surface area (Å²) in [6.07, 6.45) is 4.30. The summed E-state index contributed by atoms with van der Waals surface area (Å²) in [4.78, 5) is 52.9. The van der Waals surface area contributed by atoms with Crippen molar-refractivity contribution in [1.29, 1.82) is 0 Å². The van der Waals surface area contributed by atoms with Gasteiger partial charge in [0, 0.05) is 31.6 Å². The largest absolute Gasteiger partial charge is 0.494 e. The molecule has 5 heteroatoms. The summed E-state index contributed by atoms with van der Waals surface area (Å²) in [7, 11) is 0. The van der Waals surface area contributed by atoms with Crippen LogP contribution in [0.25, 0.3) is 0 Å². The number of carbonyl (C=O) groups is 4. The van der Waals surface area contributed by atoms with Crippen LogP contribution < -0.4 is 4.74 Å². The number of rotatable bonds is 8. The Balaban J connectivity index is 1.94. The van der Waals surface area contributed by atoms with E-state index >= 15 is 0 Å². The number of ether oxygens (including phenoxy) is 1. The molecule has 0 radical (unpaired) electrons. The molecule has 2 aliphatic rings. The molecule has 0 atom stereocenters. The van der Waals surface area contributed by atoms with Crippen molar-refractivity contribution in [2.45, 2.75) is 85.5 Å². The third-order valence-electron chi connectivity index (χ3n) is 7.00. The van der Waals surface area contributed by atoms with E-state index in [9.17, 15) is 19.2 Å². The maximum atomic E-state index is 13.2. The minimum Gasteiger partial charge on any atom is -0.494 e. The van der Waals surface area contributed by atoms with E-state index in [0.29, 0.717) is 17.9 Å². The molecule has 2 saturated carbocycles. The standard InChI is InChI=1S/C28H38O5/c1-6-7-8-13-33-19-11-9-18(10-12-19)24(25-20(29)14-27(2,3)15-21(25)30)26-22(31)16-28(4,5)17-23(26)32/h9-12,24-26H,6-8,13-17H2,1-5H3. The van der Waals surface area contributed by atoms with Crippen LogP contribution in [0.3, 0.4) is 0 Å². The Bertz CT molecular complexity index is 821. The first-order valence-electron chi connectivity index (χ1n) is 12.3. The number of hydrogen-bond donors (Lipinski definition) is 0. The fourth-order valence-corrected chi connectivity index (χ4v) is 5.52. The van der Waals surface area contributed by atoms with Crippen molar-refractivity contribution in [2.24, 2.45) is 22.7 Å². The number of Topliss-reactive ketones (excluding diaryl/α,β-unsaturated/α-hetero) is 4. The molecular formula is C28H38O5. The normalized spacial score (nSPS) is 21.6. The van der Waals surface area contributed by atoms with Crippen molar-refractivity contribution in [2.75, 3.05) is 6.61 Å². The quantitative estimate of drug-likeness (QED) is 0.383. The number of unbranched alkanes of at least 4 members (excludes halogenated alkanes) is 2. The van der Waals surface area contributed by atoms with Crippen molar-refractivity contribution < 1.29 is 23.9 Å². The molecule has 0 heterocycles. The molecule has 33 heavy (non-hydrogen) atoms. The molecule has 0 saturated heterocycles. The van der Waals surface area contributed by atoms with Gasteiger partial charge in [-0.25, -0.2) is 0 Å². The molecule has 1 aromatic rings. The Labute approximate surface area is 197 Å². The van der Waals surface area contributed by atoms with Crippen LogP contribution in [0, 0.1) is 22.7 Å². The van der Waals surface area contributed by atoms with Crippen LogP contribution in [-0.2, 0) is 19.2 Å². The van der Waals surface area contributed by atoms with Crippen molar-refractivity contribution in [1.82, 2.24) is 0 Å². The maximum absolute atomic E-state index is 13.2. The zero-order valence-electron chi connectivity index (χ0n) is 20.7. The van der Waals surface area contributed by atoms with Crippen molar-refractivity contribution in [3.05, 3.63) is 29.8 Å². The van der Waals surface area contributed by atoms with E-state index in [1.165, 1.54) is 0 Å².